The van der Waals surface area contributed by atoms with Crippen LogP contribution in [0, 0.1) is 6.92 Å². The fraction of sp³-hybridized carbons (Fsp3) is 0.300. The van der Waals surface area contributed by atoms with Crippen LogP contribution in [0.3, 0.4) is 0 Å². The zero-order valence-corrected chi connectivity index (χ0v) is 13.7. The van der Waals surface area contributed by atoms with Gasteiger partial charge in [-0.3, -0.25) is 4.79 Å². The zero-order valence-electron chi connectivity index (χ0n) is 13.7. The smallest absolute Gasteiger partial charge is 0.253 e. The van der Waals surface area contributed by atoms with Crippen LogP contribution in [0.15, 0.2) is 52.9 Å². The van der Waals surface area contributed by atoms with Gasteiger partial charge < -0.3 is 9.32 Å². The summed E-state index contributed by atoms with van der Waals surface area (Å²) in [5, 5.41) is 0. The van der Waals surface area contributed by atoms with Crippen LogP contribution in [0.25, 0.3) is 11.1 Å². The predicted molar refractivity (Wildman–Crippen MR) is 93.1 cm³/mol. The molecule has 2 aromatic carbocycles. The Labute approximate surface area is 141 Å². The molecule has 0 aliphatic carbocycles. The number of oxazole rings is 1. The van der Waals surface area contributed by atoms with Crippen molar-refractivity contribution < 1.29 is 9.21 Å². The van der Waals surface area contributed by atoms with Crippen molar-refractivity contribution in [2.45, 2.75) is 25.7 Å². The highest BCUT2D eigenvalue weighted by Gasteiger charge is 2.27. The Hall–Kier alpha value is -2.62. The first-order valence-electron chi connectivity index (χ1n) is 8.42. The number of hydrogen-bond donors (Lipinski definition) is 0. The number of para-hydroxylation sites is 2. The molecule has 0 bridgehead atoms. The van der Waals surface area contributed by atoms with Gasteiger partial charge in [-0.05, 0) is 44.0 Å². The number of likely N-dealkylation sites (tertiary alicyclic amines) is 1. The number of carbonyl (C=O) groups is 1. The van der Waals surface area contributed by atoms with Gasteiger partial charge in [0.25, 0.3) is 5.91 Å². The van der Waals surface area contributed by atoms with Gasteiger partial charge in [0, 0.05) is 24.6 Å². The van der Waals surface area contributed by atoms with Crippen molar-refractivity contribution in [3.05, 3.63) is 65.5 Å². The number of fused-ring (bicyclic) bond motifs is 1. The number of aromatic nitrogens is 1. The molecule has 0 spiro atoms. The summed E-state index contributed by atoms with van der Waals surface area (Å²) < 4.78 is 5.89. The van der Waals surface area contributed by atoms with Crippen molar-refractivity contribution >= 4 is 17.0 Å². The summed E-state index contributed by atoms with van der Waals surface area (Å²) in [5.74, 6) is 1.22. The maximum atomic E-state index is 12.6. The second-order valence-electron chi connectivity index (χ2n) is 6.46. The molecule has 1 amide bonds. The molecule has 4 rings (SSSR count). The van der Waals surface area contributed by atoms with Gasteiger partial charge in [-0.1, -0.05) is 29.8 Å². The molecule has 1 aromatic heterocycles. The van der Waals surface area contributed by atoms with Crippen LogP contribution in [0.5, 0.6) is 0 Å². The van der Waals surface area contributed by atoms with Gasteiger partial charge in [-0.15, -0.1) is 0 Å². The van der Waals surface area contributed by atoms with E-state index in [1.165, 1.54) is 0 Å². The Morgan fingerprint density at radius 1 is 1.12 bits per heavy atom. The van der Waals surface area contributed by atoms with E-state index in [2.05, 4.69) is 4.98 Å². The highest BCUT2D eigenvalue weighted by Crippen LogP contribution is 2.30. The Morgan fingerprint density at radius 2 is 1.92 bits per heavy atom. The molecule has 0 saturated carbocycles. The van der Waals surface area contributed by atoms with Crippen LogP contribution in [-0.4, -0.2) is 28.9 Å². The van der Waals surface area contributed by atoms with E-state index < -0.39 is 0 Å². The number of benzene rings is 2. The fourth-order valence-electron chi connectivity index (χ4n) is 3.35. The van der Waals surface area contributed by atoms with E-state index >= 15 is 0 Å². The first-order valence-corrected chi connectivity index (χ1v) is 8.42. The lowest BCUT2D eigenvalue weighted by Crippen LogP contribution is -2.38. The highest BCUT2D eigenvalue weighted by molar-refractivity contribution is 5.94. The number of rotatable bonds is 2. The lowest BCUT2D eigenvalue weighted by molar-refractivity contribution is 0.0706. The summed E-state index contributed by atoms with van der Waals surface area (Å²) in [5.41, 5.74) is 3.63. The summed E-state index contributed by atoms with van der Waals surface area (Å²) in [6, 6.07) is 15.6. The van der Waals surface area contributed by atoms with E-state index in [4.69, 9.17) is 4.42 Å². The molecule has 4 nitrogen and oxygen atoms in total. The zero-order chi connectivity index (χ0) is 16.5. The second-order valence-corrected chi connectivity index (χ2v) is 6.46. The third kappa shape index (κ3) is 2.80. The summed E-state index contributed by atoms with van der Waals surface area (Å²) in [4.78, 5) is 19.2. The Balaban J connectivity index is 1.45. The van der Waals surface area contributed by atoms with Crippen LogP contribution in [0.2, 0.25) is 0 Å². The van der Waals surface area contributed by atoms with E-state index in [9.17, 15) is 4.79 Å². The van der Waals surface area contributed by atoms with Crippen LogP contribution in [0.1, 0.15) is 40.6 Å². The SMILES string of the molecule is Cc1cccc(C(=O)N2CCC(c3nc4ccccc4o3)CC2)c1. The van der Waals surface area contributed by atoms with Gasteiger partial charge in [-0.2, -0.15) is 0 Å². The molecule has 3 aromatic rings. The average Bonchev–Trinajstić information content (AvgIpc) is 3.05. The maximum absolute atomic E-state index is 12.6. The molecular weight excluding hydrogens is 300 g/mol. The lowest BCUT2D eigenvalue weighted by Gasteiger charge is -2.30. The minimum absolute atomic E-state index is 0.120. The molecule has 0 atom stereocenters. The first kappa shape index (κ1) is 14.9. The van der Waals surface area contributed by atoms with Crippen molar-refractivity contribution in [2.24, 2.45) is 0 Å². The summed E-state index contributed by atoms with van der Waals surface area (Å²) in [6.07, 6.45) is 1.79. The standard InChI is InChI=1S/C20H20N2O2/c1-14-5-4-6-16(13-14)20(23)22-11-9-15(10-12-22)19-21-17-7-2-3-8-18(17)24-19/h2-8,13,15H,9-12H2,1H3. The van der Waals surface area contributed by atoms with Crippen molar-refractivity contribution in [2.75, 3.05) is 13.1 Å². The number of carbonyl (C=O) groups excluding carboxylic acids is 1. The highest BCUT2D eigenvalue weighted by atomic mass is 16.3. The van der Waals surface area contributed by atoms with Gasteiger partial charge in [0.1, 0.15) is 5.52 Å². The third-order valence-corrected chi connectivity index (χ3v) is 4.71. The van der Waals surface area contributed by atoms with E-state index in [-0.39, 0.29) is 5.91 Å². The molecule has 0 radical (unpaired) electrons. The second kappa shape index (κ2) is 6.11. The van der Waals surface area contributed by atoms with Crippen molar-refractivity contribution in [3.8, 4) is 0 Å². The molecule has 0 unspecified atom stereocenters. The molecule has 1 fully saturated rings. The minimum atomic E-state index is 0.120. The van der Waals surface area contributed by atoms with E-state index in [0.717, 1.165) is 54.0 Å². The normalized spacial score (nSPS) is 15.8. The maximum Gasteiger partial charge on any atom is 0.253 e. The Kier molecular flexibility index (Phi) is 3.81. The van der Waals surface area contributed by atoms with Crippen molar-refractivity contribution in [3.63, 3.8) is 0 Å². The van der Waals surface area contributed by atoms with E-state index in [1.807, 2.05) is 60.4 Å². The largest absolute Gasteiger partial charge is 0.440 e. The number of aryl methyl sites for hydroxylation is 1. The Bertz CT molecular complexity index is 843. The Morgan fingerprint density at radius 3 is 2.67 bits per heavy atom. The molecule has 122 valence electrons. The number of nitrogens with zero attached hydrogens (tertiary/aromatic N) is 2. The van der Waals surface area contributed by atoms with Gasteiger partial charge >= 0.3 is 0 Å². The van der Waals surface area contributed by atoms with Crippen LogP contribution in [0.4, 0.5) is 0 Å². The van der Waals surface area contributed by atoms with Crippen LogP contribution in [-0.2, 0) is 0 Å². The molecule has 1 aliphatic heterocycles. The monoisotopic (exact) mass is 320 g/mol. The summed E-state index contributed by atoms with van der Waals surface area (Å²) in [7, 11) is 0. The predicted octanol–water partition coefficient (Wildman–Crippen LogP) is 4.16. The number of amides is 1. The van der Waals surface area contributed by atoms with Crippen molar-refractivity contribution in [1.82, 2.24) is 9.88 Å². The van der Waals surface area contributed by atoms with Crippen molar-refractivity contribution in [1.29, 1.82) is 0 Å². The molecule has 0 N–H and O–H groups in total. The van der Waals surface area contributed by atoms with Crippen LogP contribution < -0.4 is 0 Å². The number of hydrogen-bond acceptors (Lipinski definition) is 3. The summed E-state index contributed by atoms with van der Waals surface area (Å²) >= 11 is 0. The first-order chi connectivity index (χ1) is 11.7. The topological polar surface area (TPSA) is 46.3 Å². The summed E-state index contributed by atoms with van der Waals surface area (Å²) in [6.45, 7) is 3.50. The van der Waals surface area contributed by atoms with E-state index in [1.54, 1.807) is 0 Å². The molecular formula is C20H20N2O2. The fourth-order valence-corrected chi connectivity index (χ4v) is 3.35. The van der Waals surface area contributed by atoms with E-state index in [0.29, 0.717) is 5.92 Å². The van der Waals surface area contributed by atoms with Gasteiger partial charge in [0.05, 0.1) is 0 Å². The van der Waals surface area contributed by atoms with Gasteiger partial charge in [-0.25, -0.2) is 4.98 Å². The molecule has 1 saturated heterocycles. The molecule has 2 heterocycles. The molecule has 4 heteroatoms. The molecule has 24 heavy (non-hydrogen) atoms. The van der Waals surface area contributed by atoms with Crippen LogP contribution >= 0.6 is 0 Å². The average molecular weight is 320 g/mol. The third-order valence-electron chi connectivity index (χ3n) is 4.71. The number of piperidine rings is 1. The van der Waals surface area contributed by atoms with Gasteiger partial charge in [0.2, 0.25) is 0 Å². The lowest BCUT2D eigenvalue weighted by atomic mass is 9.96. The van der Waals surface area contributed by atoms with Gasteiger partial charge in [0.15, 0.2) is 11.5 Å². The molecule has 1 aliphatic rings. The quantitative estimate of drug-likeness (QED) is 0.712. The minimum Gasteiger partial charge on any atom is -0.440 e.